The molecule has 0 heterocycles. The van der Waals surface area contributed by atoms with E-state index in [1.54, 1.807) is 11.9 Å². The minimum Gasteiger partial charge on any atom is -0.335 e. The smallest absolute Gasteiger partial charge is 0.335 e. The third-order valence-electron chi connectivity index (χ3n) is 4.83. The SMILES string of the molecule is C[C@H](c1cccc2ccccc12)N(C)C(=O)/C=C/c1cccc(C(F)(F)F)c1. The molecule has 1 atom stereocenters. The Balaban J connectivity index is 1.80. The Morgan fingerprint density at radius 3 is 2.43 bits per heavy atom. The summed E-state index contributed by atoms with van der Waals surface area (Å²) < 4.78 is 38.5. The van der Waals surface area contributed by atoms with Crippen LogP contribution < -0.4 is 0 Å². The van der Waals surface area contributed by atoms with E-state index < -0.39 is 11.7 Å². The summed E-state index contributed by atoms with van der Waals surface area (Å²) in [5, 5.41) is 2.16. The predicted octanol–water partition coefficient (Wildman–Crippen LogP) is 6.09. The van der Waals surface area contributed by atoms with Crippen LogP contribution in [-0.4, -0.2) is 17.9 Å². The molecule has 28 heavy (non-hydrogen) atoms. The van der Waals surface area contributed by atoms with Gasteiger partial charge in [0, 0.05) is 13.1 Å². The molecule has 2 nitrogen and oxygen atoms in total. The van der Waals surface area contributed by atoms with Crippen LogP contribution in [0.5, 0.6) is 0 Å². The van der Waals surface area contributed by atoms with Crippen molar-refractivity contribution in [2.24, 2.45) is 0 Å². The first kappa shape index (κ1) is 19.7. The molecule has 5 heteroatoms. The van der Waals surface area contributed by atoms with E-state index in [4.69, 9.17) is 0 Å². The number of fused-ring (bicyclic) bond motifs is 1. The van der Waals surface area contributed by atoms with E-state index in [0.29, 0.717) is 5.56 Å². The van der Waals surface area contributed by atoms with E-state index in [1.807, 2.05) is 49.4 Å². The molecule has 0 aliphatic carbocycles. The fourth-order valence-electron chi connectivity index (χ4n) is 3.12. The van der Waals surface area contributed by atoms with Gasteiger partial charge >= 0.3 is 6.18 Å². The molecular weight excluding hydrogens is 363 g/mol. The highest BCUT2D eigenvalue weighted by Crippen LogP contribution is 2.30. The minimum absolute atomic E-state index is 0.190. The zero-order chi connectivity index (χ0) is 20.3. The maximum atomic E-state index is 12.8. The third kappa shape index (κ3) is 4.25. The number of rotatable bonds is 4. The quantitative estimate of drug-likeness (QED) is 0.499. The van der Waals surface area contributed by atoms with E-state index in [0.717, 1.165) is 28.5 Å². The van der Waals surface area contributed by atoms with Crippen LogP contribution in [0.3, 0.4) is 0 Å². The fraction of sp³-hybridized carbons (Fsp3) is 0.174. The number of hydrogen-bond donors (Lipinski definition) is 0. The van der Waals surface area contributed by atoms with Gasteiger partial charge in [0.05, 0.1) is 11.6 Å². The van der Waals surface area contributed by atoms with E-state index in [-0.39, 0.29) is 11.9 Å². The first-order chi connectivity index (χ1) is 13.3. The van der Waals surface area contributed by atoms with Gasteiger partial charge in [0.1, 0.15) is 0 Å². The summed E-state index contributed by atoms with van der Waals surface area (Å²) >= 11 is 0. The molecule has 0 fully saturated rings. The summed E-state index contributed by atoms with van der Waals surface area (Å²) in [5.41, 5.74) is 0.607. The van der Waals surface area contributed by atoms with Crippen molar-refractivity contribution in [3.63, 3.8) is 0 Å². The molecule has 1 amide bonds. The highest BCUT2D eigenvalue weighted by Gasteiger charge is 2.30. The van der Waals surface area contributed by atoms with Gasteiger partial charge in [0.15, 0.2) is 0 Å². The molecular formula is C23H20F3NO. The molecule has 3 aromatic carbocycles. The van der Waals surface area contributed by atoms with Crippen molar-refractivity contribution in [2.45, 2.75) is 19.1 Å². The van der Waals surface area contributed by atoms with Crippen LogP contribution in [-0.2, 0) is 11.0 Å². The molecule has 3 aromatic rings. The monoisotopic (exact) mass is 383 g/mol. The van der Waals surface area contributed by atoms with Crippen molar-refractivity contribution in [3.8, 4) is 0 Å². The molecule has 0 aliphatic heterocycles. The first-order valence-corrected chi connectivity index (χ1v) is 8.87. The summed E-state index contributed by atoms with van der Waals surface area (Å²) in [6.07, 6.45) is -1.70. The summed E-state index contributed by atoms with van der Waals surface area (Å²) in [4.78, 5) is 14.1. The number of carbonyl (C=O) groups excluding carboxylic acids is 1. The number of halogens is 3. The Kier molecular flexibility index (Phi) is 5.54. The summed E-state index contributed by atoms with van der Waals surface area (Å²) in [6, 6.07) is 18.6. The Labute approximate surface area is 161 Å². The first-order valence-electron chi connectivity index (χ1n) is 8.87. The second-order valence-electron chi connectivity index (χ2n) is 6.65. The van der Waals surface area contributed by atoms with Gasteiger partial charge in [-0.2, -0.15) is 13.2 Å². The lowest BCUT2D eigenvalue weighted by molar-refractivity contribution is -0.137. The van der Waals surface area contributed by atoms with Gasteiger partial charge in [0.2, 0.25) is 5.91 Å². The second kappa shape index (κ2) is 7.89. The highest BCUT2D eigenvalue weighted by molar-refractivity contribution is 5.93. The lowest BCUT2D eigenvalue weighted by Gasteiger charge is -2.25. The normalized spacial score (nSPS) is 13.0. The third-order valence-corrected chi connectivity index (χ3v) is 4.83. The van der Waals surface area contributed by atoms with Gasteiger partial charge in [-0.1, -0.05) is 54.6 Å². The largest absolute Gasteiger partial charge is 0.416 e. The average molecular weight is 383 g/mol. The summed E-state index contributed by atoms with van der Waals surface area (Å²) in [6.45, 7) is 1.93. The number of likely N-dealkylation sites (N-methyl/N-ethyl adjacent to an activating group) is 1. The zero-order valence-corrected chi connectivity index (χ0v) is 15.6. The molecule has 0 saturated heterocycles. The highest BCUT2D eigenvalue weighted by atomic mass is 19.4. The van der Waals surface area contributed by atoms with Crippen molar-refractivity contribution in [3.05, 3.63) is 89.5 Å². The maximum absolute atomic E-state index is 12.8. The molecule has 0 bridgehead atoms. The molecule has 3 rings (SSSR count). The van der Waals surface area contributed by atoms with Gasteiger partial charge in [-0.15, -0.1) is 0 Å². The lowest BCUT2D eigenvalue weighted by Crippen LogP contribution is -2.28. The van der Waals surface area contributed by atoms with Crippen LogP contribution in [0.1, 0.15) is 29.7 Å². The summed E-state index contributed by atoms with van der Waals surface area (Å²) in [5.74, 6) is -0.280. The number of amides is 1. The van der Waals surface area contributed by atoms with Crippen LogP contribution >= 0.6 is 0 Å². The Hall–Kier alpha value is -3.08. The van der Waals surface area contributed by atoms with Gasteiger partial charge in [-0.05, 0) is 47.0 Å². The number of alkyl halides is 3. The lowest BCUT2D eigenvalue weighted by atomic mass is 9.99. The second-order valence-corrected chi connectivity index (χ2v) is 6.65. The van der Waals surface area contributed by atoms with Gasteiger partial charge in [-0.25, -0.2) is 0 Å². The molecule has 0 spiro atoms. The van der Waals surface area contributed by atoms with Crippen LogP contribution in [0.15, 0.2) is 72.8 Å². The maximum Gasteiger partial charge on any atom is 0.416 e. The van der Waals surface area contributed by atoms with Crippen molar-refractivity contribution < 1.29 is 18.0 Å². The van der Waals surface area contributed by atoms with E-state index in [9.17, 15) is 18.0 Å². The Morgan fingerprint density at radius 2 is 1.68 bits per heavy atom. The van der Waals surface area contributed by atoms with Gasteiger partial charge in [0.25, 0.3) is 0 Å². The van der Waals surface area contributed by atoms with Crippen molar-refractivity contribution in [2.75, 3.05) is 7.05 Å². The van der Waals surface area contributed by atoms with Crippen molar-refractivity contribution >= 4 is 22.8 Å². The van der Waals surface area contributed by atoms with Crippen LogP contribution in [0, 0.1) is 0 Å². The molecule has 0 saturated carbocycles. The summed E-state index contributed by atoms with van der Waals surface area (Å²) in [7, 11) is 1.69. The van der Waals surface area contributed by atoms with Crippen LogP contribution in [0.2, 0.25) is 0 Å². The molecule has 144 valence electrons. The molecule has 0 aromatic heterocycles. The van der Waals surface area contributed by atoms with E-state index in [2.05, 4.69) is 0 Å². The van der Waals surface area contributed by atoms with Crippen LogP contribution in [0.4, 0.5) is 13.2 Å². The molecule has 0 aliphatic rings. The Morgan fingerprint density at radius 1 is 1.00 bits per heavy atom. The Bertz CT molecular complexity index is 1020. The van der Waals surface area contributed by atoms with Crippen molar-refractivity contribution in [1.29, 1.82) is 0 Å². The molecule has 0 unspecified atom stereocenters. The molecule has 0 radical (unpaired) electrons. The van der Waals surface area contributed by atoms with E-state index >= 15 is 0 Å². The number of nitrogens with zero attached hydrogens (tertiary/aromatic N) is 1. The van der Waals surface area contributed by atoms with Gasteiger partial charge < -0.3 is 4.90 Å². The predicted molar refractivity (Wildman–Crippen MR) is 106 cm³/mol. The molecule has 0 N–H and O–H groups in total. The van der Waals surface area contributed by atoms with Crippen molar-refractivity contribution in [1.82, 2.24) is 4.90 Å². The average Bonchev–Trinajstić information content (AvgIpc) is 2.70. The van der Waals surface area contributed by atoms with Crippen LogP contribution in [0.25, 0.3) is 16.8 Å². The topological polar surface area (TPSA) is 20.3 Å². The van der Waals surface area contributed by atoms with Gasteiger partial charge in [-0.3, -0.25) is 4.79 Å². The number of hydrogen-bond acceptors (Lipinski definition) is 1. The number of carbonyl (C=O) groups is 1. The van der Waals surface area contributed by atoms with E-state index in [1.165, 1.54) is 24.3 Å². The number of benzene rings is 3. The zero-order valence-electron chi connectivity index (χ0n) is 15.6. The fourth-order valence-corrected chi connectivity index (χ4v) is 3.12. The standard InChI is InChI=1S/C23H20F3NO/c1-16(20-12-6-9-18-8-3-4-11-21(18)20)27(2)22(28)14-13-17-7-5-10-19(15-17)23(24,25)26/h3-16H,1-2H3/b14-13+/t16-/m1/s1. The minimum atomic E-state index is -4.41.